The van der Waals surface area contributed by atoms with Crippen LogP contribution < -0.4 is 9.80 Å². The number of rotatable bonds is 10. The van der Waals surface area contributed by atoms with Gasteiger partial charge in [-0.05, 0) is 126 Å². The summed E-state index contributed by atoms with van der Waals surface area (Å²) in [5, 5.41) is 9.06. The predicted molar refractivity (Wildman–Crippen MR) is 368 cm³/mol. The van der Waals surface area contributed by atoms with E-state index >= 15 is 0 Å². The lowest BCUT2D eigenvalue weighted by molar-refractivity contribution is 0.572. The third kappa shape index (κ3) is 8.39. The van der Waals surface area contributed by atoms with Crippen molar-refractivity contribution in [1.82, 2.24) is 0 Å². The Kier molecular flexibility index (Phi) is 12.6. The number of anilines is 6. The maximum atomic E-state index is 7.35. The van der Waals surface area contributed by atoms with Crippen LogP contribution in [0.25, 0.3) is 76.5 Å². The van der Waals surface area contributed by atoms with Gasteiger partial charge < -0.3 is 18.6 Å². The summed E-state index contributed by atoms with van der Waals surface area (Å²) >= 11 is 0. The molecule has 4 heteroatoms. The number of fused-ring (bicyclic) bond motifs is 13. The Balaban J connectivity index is 1.08. The molecule has 2 heterocycles. The Morgan fingerprint density at radius 1 is 0.310 bits per heavy atom. The normalized spacial score (nSPS) is 13.2. The van der Waals surface area contributed by atoms with Gasteiger partial charge in [-0.2, -0.15) is 0 Å². The first kappa shape index (κ1) is 54.0. The van der Waals surface area contributed by atoms with Crippen molar-refractivity contribution in [3.05, 3.63) is 287 Å². The second kappa shape index (κ2) is 20.2. The van der Waals surface area contributed by atoms with Crippen molar-refractivity contribution in [3.63, 3.8) is 0 Å². The number of benzene rings is 12. The summed E-state index contributed by atoms with van der Waals surface area (Å²) in [4.78, 5) is 4.98. The van der Waals surface area contributed by atoms with E-state index in [0.29, 0.717) is 11.8 Å². The van der Waals surface area contributed by atoms with Gasteiger partial charge in [-0.1, -0.05) is 263 Å². The fourth-order valence-electron chi connectivity index (χ4n) is 14.5. The van der Waals surface area contributed by atoms with E-state index in [1.807, 2.05) is 0 Å². The summed E-state index contributed by atoms with van der Waals surface area (Å²) < 4.78 is 14.7. The number of para-hydroxylation sites is 4. The molecular weight excluding hydrogens is 1060 g/mol. The maximum Gasteiger partial charge on any atom is 0.159 e. The molecule has 0 aliphatic heterocycles. The van der Waals surface area contributed by atoms with Crippen LogP contribution in [0.15, 0.2) is 251 Å². The number of nitrogens with zero attached hydrogens (tertiary/aromatic N) is 2. The summed E-state index contributed by atoms with van der Waals surface area (Å²) in [5.41, 5.74) is 20.9. The minimum atomic E-state index is -0.842. The zero-order valence-corrected chi connectivity index (χ0v) is 51.5. The highest BCUT2D eigenvalue weighted by Crippen LogP contribution is 2.63. The molecule has 2 aromatic heterocycles. The monoisotopic (exact) mass is 1130 g/mol. The first-order valence-corrected chi connectivity index (χ1v) is 31.0. The number of furan rings is 2. The second-order valence-corrected chi connectivity index (χ2v) is 26.7. The minimum Gasteiger partial charge on any atom is -0.454 e. The van der Waals surface area contributed by atoms with Crippen LogP contribution in [0.1, 0.15) is 126 Å². The van der Waals surface area contributed by atoms with E-state index in [4.69, 9.17) is 8.83 Å². The molecule has 0 amide bonds. The first-order chi connectivity index (χ1) is 42.1. The summed E-state index contributed by atoms with van der Waals surface area (Å²) in [6, 6.07) is 91.1. The quantitative estimate of drug-likeness (QED) is 0.137. The topological polar surface area (TPSA) is 32.8 Å². The largest absolute Gasteiger partial charge is 0.454 e. The summed E-state index contributed by atoms with van der Waals surface area (Å²) in [7, 11) is 0. The van der Waals surface area contributed by atoms with Crippen LogP contribution in [0.5, 0.6) is 0 Å². The van der Waals surface area contributed by atoms with E-state index in [9.17, 15) is 0 Å². The Bertz CT molecular complexity index is 4670. The Morgan fingerprint density at radius 2 is 0.632 bits per heavy atom. The van der Waals surface area contributed by atoms with Crippen LogP contribution >= 0.6 is 0 Å². The third-order valence-corrected chi connectivity index (χ3v) is 18.7. The molecule has 0 N–H and O–H groups in total. The van der Waals surface area contributed by atoms with Crippen molar-refractivity contribution in [3.8, 4) is 11.1 Å². The van der Waals surface area contributed by atoms with Crippen molar-refractivity contribution in [1.29, 1.82) is 0 Å². The van der Waals surface area contributed by atoms with Gasteiger partial charge in [0.2, 0.25) is 0 Å². The standard InChI is InChI=1S/C83H72N2O2/c1-51(2)53-41-45-57(46-42-53)84(71-39-23-35-65-63-33-21-37-67(81(5,6)7)77(63)86-79(65)71)73-49-69-75(61-31-19-17-29-59(61)73)76-62-32-20-18-30-60(62)74(50-70(76)83(69,55-25-13-11-14-26-55)56-27-15-12-16-28-56)85(58-47-43-54(44-48-58)52(3)4)72-40-24-36-66-64-34-22-38-68(82(8,9)10)78(64)87-80(66)72/h11-52H,1-10H3. The van der Waals surface area contributed by atoms with Crippen LogP contribution in [0, 0.1) is 0 Å². The summed E-state index contributed by atoms with van der Waals surface area (Å²) in [6.07, 6.45) is 0. The van der Waals surface area contributed by atoms with Crippen LogP contribution in [0.3, 0.4) is 0 Å². The van der Waals surface area contributed by atoms with Gasteiger partial charge in [0.15, 0.2) is 11.2 Å². The molecule has 0 unspecified atom stereocenters. The van der Waals surface area contributed by atoms with Crippen molar-refractivity contribution in [2.45, 2.75) is 97.3 Å². The summed E-state index contributed by atoms with van der Waals surface area (Å²) in [6.45, 7) is 22.7. The van der Waals surface area contributed by atoms with Crippen LogP contribution in [-0.4, -0.2) is 0 Å². The number of hydrogen-bond donors (Lipinski definition) is 0. The van der Waals surface area contributed by atoms with Gasteiger partial charge in [-0.25, -0.2) is 0 Å². The molecule has 0 radical (unpaired) electrons. The molecule has 426 valence electrons. The Morgan fingerprint density at radius 3 is 0.989 bits per heavy atom. The van der Waals surface area contributed by atoms with Crippen LogP contribution in [0.4, 0.5) is 34.1 Å². The number of hydrogen-bond acceptors (Lipinski definition) is 4. The molecule has 0 saturated heterocycles. The average Bonchev–Trinajstić information content (AvgIpc) is 1.53. The Hall–Kier alpha value is -9.64. The first-order valence-electron chi connectivity index (χ1n) is 31.0. The smallest absolute Gasteiger partial charge is 0.159 e. The van der Waals surface area contributed by atoms with E-state index in [1.54, 1.807) is 0 Å². The van der Waals surface area contributed by atoms with Gasteiger partial charge in [0, 0.05) is 54.8 Å². The molecule has 1 aliphatic rings. The highest BCUT2D eigenvalue weighted by molar-refractivity contribution is 6.20. The lowest BCUT2D eigenvalue weighted by Crippen LogP contribution is -2.29. The van der Waals surface area contributed by atoms with E-state index in [1.165, 1.54) is 66.4 Å². The molecule has 1 aliphatic carbocycles. The molecule has 0 fully saturated rings. The van der Waals surface area contributed by atoms with Crippen LogP contribution in [0.2, 0.25) is 0 Å². The van der Waals surface area contributed by atoms with Crippen molar-refractivity contribution in [2.75, 3.05) is 9.80 Å². The van der Waals surface area contributed by atoms with Gasteiger partial charge in [-0.3, -0.25) is 0 Å². The lowest BCUT2D eigenvalue weighted by Gasteiger charge is -2.36. The zero-order valence-electron chi connectivity index (χ0n) is 51.5. The van der Waals surface area contributed by atoms with Crippen molar-refractivity contribution < 1.29 is 8.83 Å². The molecule has 12 aromatic carbocycles. The maximum absolute atomic E-state index is 7.35. The van der Waals surface area contributed by atoms with E-state index in [-0.39, 0.29) is 10.8 Å². The highest BCUT2D eigenvalue weighted by atomic mass is 16.3. The fourth-order valence-corrected chi connectivity index (χ4v) is 14.5. The summed E-state index contributed by atoms with van der Waals surface area (Å²) in [5.74, 6) is 0.726. The molecule has 0 spiro atoms. The van der Waals surface area contributed by atoms with E-state index < -0.39 is 5.41 Å². The van der Waals surface area contributed by atoms with Gasteiger partial charge in [0.25, 0.3) is 0 Å². The molecule has 15 rings (SSSR count). The zero-order chi connectivity index (χ0) is 59.7. The molecule has 0 atom stereocenters. The third-order valence-electron chi connectivity index (χ3n) is 18.7. The molecule has 0 saturated carbocycles. The van der Waals surface area contributed by atoms with Gasteiger partial charge >= 0.3 is 0 Å². The van der Waals surface area contributed by atoms with Gasteiger partial charge in [0.05, 0.1) is 28.2 Å². The molecule has 4 nitrogen and oxygen atoms in total. The Labute approximate surface area is 510 Å². The van der Waals surface area contributed by atoms with Crippen molar-refractivity contribution in [2.24, 2.45) is 0 Å². The fraction of sp³-hybridized carbons (Fsp3) is 0.181. The van der Waals surface area contributed by atoms with Gasteiger partial charge in [0.1, 0.15) is 11.2 Å². The average molecular weight is 1130 g/mol. The highest BCUT2D eigenvalue weighted by Gasteiger charge is 2.49. The van der Waals surface area contributed by atoms with E-state index in [2.05, 4.69) is 322 Å². The molecule has 0 bridgehead atoms. The molecule has 14 aromatic rings. The lowest BCUT2D eigenvalue weighted by atomic mass is 9.67. The molecular formula is C83H72N2O2. The molecule has 87 heavy (non-hydrogen) atoms. The minimum absolute atomic E-state index is 0.139. The second-order valence-electron chi connectivity index (χ2n) is 26.7. The van der Waals surface area contributed by atoms with Gasteiger partial charge in [-0.15, -0.1) is 0 Å². The van der Waals surface area contributed by atoms with Crippen LogP contribution in [-0.2, 0) is 16.2 Å². The van der Waals surface area contributed by atoms with Crippen molar-refractivity contribution >= 4 is 99.5 Å². The predicted octanol–water partition coefficient (Wildman–Crippen LogP) is 23.9. The SMILES string of the molecule is CC(C)c1ccc(N(c2cc3c(c4ccccc24)-c2c(cc(N(c4ccc(C(C)C)cc4)c4cccc5c4oc4c(C(C)(C)C)cccc45)c4ccccc24)C3(c2ccccc2)c2ccccc2)c2cccc3c2oc2c(C(C)(C)C)cccc23)cc1. The van der Waals surface area contributed by atoms with E-state index in [0.717, 1.165) is 88.8 Å².